The molecule has 1 aliphatic heterocycles. The van der Waals surface area contributed by atoms with E-state index in [9.17, 15) is 22.8 Å². The Morgan fingerprint density at radius 3 is 2.46 bits per heavy atom. The lowest BCUT2D eigenvalue weighted by Gasteiger charge is -2.34. The molecule has 0 unspecified atom stereocenters. The van der Waals surface area contributed by atoms with Crippen LogP contribution in [0.15, 0.2) is 27.9 Å². The van der Waals surface area contributed by atoms with Crippen LogP contribution in [0.5, 0.6) is 0 Å². The van der Waals surface area contributed by atoms with Gasteiger partial charge in [-0.25, -0.2) is 8.42 Å². The number of carbonyl (C=O) groups is 2. The van der Waals surface area contributed by atoms with E-state index < -0.39 is 10.0 Å². The van der Waals surface area contributed by atoms with Gasteiger partial charge in [-0.2, -0.15) is 4.31 Å². The molecular formula is C17H22N4O5S2. The van der Waals surface area contributed by atoms with E-state index >= 15 is 0 Å². The number of benzene rings is 1. The number of carbonyl (C=O) groups excluding carboxylic acids is 2. The van der Waals surface area contributed by atoms with Gasteiger partial charge in [-0.3, -0.25) is 19.0 Å². The van der Waals surface area contributed by atoms with Crippen LogP contribution < -0.4 is 10.2 Å². The van der Waals surface area contributed by atoms with E-state index in [1.165, 1.54) is 28.3 Å². The lowest BCUT2D eigenvalue weighted by atomic mass is 10.3. The highest BCUT2D eigenvalue weighted by molar-refractivity contribution is 7.89. The van der Waals surface area contributed by atoms with E-state index in [2.05, 4.69) is 5.32 Å². The van der Waals surface area contributed by atoms with E-state index in [-0.39, 0.29) is 54.3 Å². The van der Waals surface area contributed by atoms with Crippen LogP contribution in [-0.4, -0.2) is 66.7 Å². The van der Waals surface area contributed by atoms with Gasteiger partial charge in [0.1, 0.15) is 0 Å². The van der Waals surface area contributed by atoms with Crippen LogP contribution in [0.2, 0.25) is 0 Å². The third-order valence-electron chi connectivity index (χ3n) is 4.67. The minimum absolute atomic E-state index is 0.0912. The molecule has 0 atom stereocenters. The van der Waals surface area contributed by atoms with Gasteiger partial charge >= 0.3 is 4.87 Å². The van der Waals surface area contributed by atoms with Gasteiger partial charge in [0.2, 0.25) is 21.8 Å². The number of piperazine rings is 1. The summed E-state index contributed by atoms with van der Waals surface area (Å²) in [5.74, 6) is -0.525. The summed E-state index contributed by atoms with van der Waals surface area (Å²) in [5.41, 5.74) is 0.727. The summed E-state index contributed by atoms with van der Waals surface area (Å²) < 4.78 is 29.5. The van der Waals surface area contributed by atoms with E-state index in [1.54, 1.807) is 10.6 Å². The van der Waals surface area contributed by atoms with Crippen molar-refractivity contribution in [1.29, 1.82) is 0 Å². The van der Waals surface area contributed by atoms with Gasteiger partial charge < -0.3 is 10.2 Å². The van der Waals surface area contributed by atoms with Crippen molar-refractivity contribution in [1.82, 2.24) is 19.1 Å². The van der Waals surface area contributed by atoms with Crippen molar-refractivity contribution in [3.63, 3.8) is 0 Å². The predicted octanol–water partition coefficient (Wildman–Crippen LogP) is 0.0519. The first kappa shape index (κ1) is 20.5. The first-order valence-electron chi connectivity index (χ1n) is 8.89. The largest absolute Gasteiger partial charge is 0.347 e. The van der Waals surface area contributed by atoms with Crippen LogP contribution in [0.4, 0.5) is 0 Å². The number of hydrogen-bond acceptors (Lipinski definition) is 6. The summed E-state index contributed by atoms with van der Waals surface area (Å²) in [4.78, 5) is 36.5. The number of thiazole rings is 1. The van der Waals surface area contributed by atoms with Crippen molar-refractivity contribution in [2.75, 3.05) is 32.7 Å². The minimum atomic E-state index is -3.72. The Morgan fingerprint density at radius 2 is 1.86 bits per heavy atom. The van der Waals surface area contributed by atoms with Crippen molar-refractivity contribution in [3.8, 4) is 0 Å². The van der Waals surface area contributed by atoms with Crippen molar-refractivity contribution >= 4 is 43.4 Å². The second-order valence-electron chi connectivity index (χ2n) is 6.44. The van der Waals surface area contributed by atoms with Crippen LogP contribution in [-0.2, 0) is 26.2 Å². The highest BCUT2D eigenvalue weighted by Gasteiger charge is 2.30. The summed E-state index contributed by atoms with van der Waals surface area (Å²) >= 11 is 1.03. The topological polar surface area (TPSA) is 109 Å². The molecule has 11 heteroatoms. The molecule has 1 N–H and O–H groups in total. The normalized spacial score (nSPS) is 15.7. The molecule has 9 nitrogen and oxygen atoms in total. The summed E-state index contributed by atoms with van der Waals surface area (Å²) in [6.45, 7) is 4.52. The monoisotopic (exact) mass is 426 g/mol. The van der Waals surface area contributed by atoms with Crippen LogP contribution in [0.1, 0.15) is 13.8 Å². The Morgan fingerprint density at radius 1 is 1.18 bits per heavy atom. The van der Waals surface area contributed by atoms with Crippen molar-refractivity contribution < 1.29 is 18.0 Å². The Bertz CT molecular complexity index is 1060. The van der Waals surface area contributed by atoms with Gasteiger partial charge in [-0.1, -0.05) is 11.3 Å². The fraction of sp³-hybridized carbons (Fsp3) is 0.471. The first-order chi connectivity index (χ1) is 13.2. The maximum Gasteiger partial charge on any atom is 0.308 e. The van der Waals surface area contributed by atoms with Gasteiger partial charge in [0.25, 0.3) is 0 Å². The molecule has 3 rings (SSSR count). The molecule has 0 bridgehead atoms. The van der Waals surface area contributed by atoms with E-state index in [1.807, 2.05) is 6.92 Å². The lowest BCUT2D eigenvalue weighted by molar-refractivity contribution is -0.133. The van der Waals surface area contributed by atoms with Crippen molar-refractivity contribution in [2.24, 2.45) is 0 Å². The maximum absolute atomic E-state index is 13.0. The fourth-order valence-corrected chi connectivity index (χ4v) is 5.66. The number of aryl methyl sites for hydroxylation is 1. The molecular weight excluding hydrogens is 404 g/mol. The SMILES string of the molecule is CCn1c(=O)sc2cc(S(=O)(=O)N3CCN(C(=O)CNC(C)=O)CC3)ccc21. The molecule has 2 amide bonds. The fourth-order valence-electron chi connectivity index (χ4n) is 3.15. The van der Waals surface area contributed by atoms with E-state index in [0.717, 1.165) is 16.9 Å². The third kappa shape index (κ3) is 3.96. The van der Waals surface area contributed by atoms with Crippen LogP contribution in [0.25, 0.3) is 10.2 Å². The molecule has 1 fully saturated rings. The zero-order valence-electron chi connectivity index (χ0n) is 15.7. The zero-order valence-corrected chi connectivity index (χ0v) is 17.3. The van der Waals surface area contributed by atoms with Gasteiger partial charge in [0.15, 0.2) is 0 Å². The molecule has 2 heterocycles. The molecule has 0 spiro atoms. The van der Waals surface area contributed by atoms with Gasteiger partial charge in [-0.15, -0.1) is 0 Å². The molecule has 1 saturated heterocycles. The minimum Gasteiger partial charge on any atom is -0.347 e. The van der Waals surface area contributed by atoms with E-state index in [0.29, 0.717) is 11.2 Å². The quantitative estimate of drug-likeness (QED) is 0.727. The Hall–Kier alpha value is -2.24. The van der Waals surface area contributed by atoms with Gasteiger partial charge in [-0.05, 0) is 25.1 Å². The van der Waals surface area contributed by atoms with Crippen LogP contribution >= 0.6 is 11.3 Å². The summed E-state index contributed by atoms with van der Waals surface area (Å²) in [7, 11) is -3.72. The average molecular weight is 427 g/mol. The molecule has 0 saturated carbocycles. The van der Waals surface area contributed by atoms with Gasteiger partial charge in [0, 0.05) is 39.6 Å². The molecule has 1 aromatic heterocycles. The number of nitrogens with zero attached hydrogens (tertiary/aromatic N) is 3. The lowest BCUT2D eigenvalue weighted by Crippen LogP contribution is -2.52. The molecule has 0 radical (unpaired) electrons. The third-order valence-corrected chi connectivity index (χ3v) is 7.51. The number of nitrogens with one attached hydrogen (secondary N) is 1. The first-order valence-corrected chi connectivity index (χ1v) is 11.2. The zero-order chi connectivity index (χ0) is 20.5. The predicted molar refractivity (Wildman–Crippen MR) is 106 cm³/mol. The highest BCUT2D eigenvalue weighted by atomic mass is 32.2. The van der Waals surface area contributed by atoms with Crippen LogP contribution in [0, 0.1) is 0 Å². The number of hydrogen-bond donors (Lipinski definition) is 1. The second kappa shape index (κ2) is 8.02. The van der Waals surface area contributed by atoms with Gasteiger partial charge in [0.05, 0.1) is 21.7 Å². The van der Waals surface area contributed by atoms with Crippen molar-refractivity contribution in [2.45, 2.75) is 25.3 Å². The molecule has 2 aromatic rings. The number of amides is 2. The Kier molecular flexibility index (Phi) is 5.87. The molecule has 1 aromatic carbocycles. The number of aromatic nitrogens is 1. The summed E-state index contributed by atoms with van der Waals surface area (Å²) in [5, 5.41) is 2.45. The van der Waals surface area contributed by atoms with Crippen molar-refractivity contribution in [3.05, 3.63) is 27.9 Å². The number of sulfonamides is 1. The number of fused-ring (bicyclic) bond motifs is 1. The average Bonchev–Trinajstić information content (AvgIpc) is 3.00. The smallest absolute Gasteiger partial charge is 0.308 e. The molecule has 1 aliphatic rings. The van der Waals surface area contributed by atoms with E-state index in [4.69, 9.17) is 0 Å². The molecule has 28 heavy (non-hydrogen) atoms. The molecule has 0 aliphatic carbocycles. The van der Waals surface area contributed by atoms with Crippen LogP contribution in [0.3, 0.4) is 0 Å². The summed E-state index contributed by atoms with van der Waals surface area (Å²) in [6.07, 6.45) is 0. The standard InChI is InChI=1S/C17H22N4O5S2/c1-3-21-14-5-4-13(10-15(14)27-17(21)24)28(25,26)20-8-6-19(7-9-20)16(23)11-18-12(2)22/h4-5,10H,3,6-9,11H2,1-2H3,(H,18,22). The summed E-state index contributed by atoms with van der Waals surface area (Å²) in [6, 6.07) is 4.72. The maximum atomic E-state index is 13.0. The Balaban J connectivity index is 1.74. The number of rotatable bonds is 5. The Labute approximate surface area is 166 Å². The molecule has 152 valence electrons. The highest BCUT2D eigenvalue weighted by Crippen LogP contribution is 2.24. The second-order valence-corrected chi connectivity index (χ2v) is 9.37.